The van der Waals surface area contributed by atoms with Gasteiger partial charge in [-0.25, -0.2) is 0 Å². The number of rotatable bonds is 5. The molecular weight excluding hydrogens is 186 g/mol. The van der Waals surface area contributed by atoms with Crippen LogP contribution >= 0.6 is 0 Å². The number of hydrogen-bond donors (Lipinski definition) is 1. The van der Waals surface area contributed by atoms with Gasteiger partial charge in [-0.3, -0.25) is 0 Å². The third-order valence-electron chi connectivity index (χ3n) is 2.70. The van der Waals surface area contributed by atoms with E-state index in [2.05, 4.69) is 26.0 Å². The number of ether oxygens (including phenoxy) is 1. The minimum absolute atomic E-state index is 0.0939. The summed E-state index contributed by atoms with van der Waals surface area (Å²) in [5, 5.41) is 0. The van der Waals surface area contributed by atoms with Crippen molar-refractivity contribution in [3.63, 3.8) is 0 Å². The average molecular weight is 207 g/mol. The average Bonchev–Trinajstić information content (AvgIpc) is 2.28. The Bertz CT molecular complexity index is 309. The van der Waals surface area contributed by atoms with Crippen molar-refractivity contribution in [2.45, 2.75) is 39.2 Å². The van der Waals surface area contributed by atoms with E-state index in [1.807, 2.05) is 6.07 Å². The lowest BCUT2D eigenvalue weighted by Gasteiger charge is -2.16. The Labute approximate surface area is 92.4 Å². The molecule has 2 heteroatoms. The van der Waals surface area contributed by atoms with Gasteiger partial charge < -0.3 is 10.5 Å². The Balaban J connectivity index is 3.00. The molecule has 0 fully saturated rings. The van der Waals surface area contributed by atoms with Crippen molar-refractivity contribution in [2.75, 3.05) is 7.11 Å². The van der Waals surface area contributed by atoms with Gasteiger partial charge in [0.2, 0.25) is 0 Å². The van der Waals surface area contributed by atoms with E-state index in [9.17, 15) is 0 Å². The quantitative estimate of drug-likeness (QED) is 0.805. The van der Waals surface area contributed by atoms with Crippen LogP contribution in [0.25, 0.3) is 0 Å². The number of methoxy groups -OCH3 is 1. The van der Waals surface area contributed by atoms with Gasteiger partial charge in [-0.05, 0) is 24.5 Å². The lowest BCUT2D eigenvalue weighted by atomic mass is 9.99. The van der Waals surface area contributed by atoms with Gasteiger partial charge in [0.05, 0.1) is 7.11 Å². The Morgan fingerprint density at radius 2 is 2.07 bits per heavy atom. The van der Waals surface area contributed by atoms with Gasteiger partial charge in [0.15, 0.2) is 0 Å². The van der Waals surface area contributed by atoms with Crippen LogP contribution in [0, 0.1) is 0 Å². The van der Waals surface area contributed by atoms with Crippen LogP contribution in [0.2, 0.25) is 0 Å². The van der Waals surface area contributed by atoms with Gasteiger partial charge in [-0.15, -0.1) is 0 Å². The highest BCUT2D eigenvalue weighted by atomic mass is 16.5. The number of nitrogens with two attached hydrogens (primary N) is 1. The van der Waals surface area contributed by atoms with E-state index in [0.29, 0.717) is 0 Å². The number of aryl methyl sites for hydroxylation is 1. The Kier molecular flexibility index (Phi) is 4.63. The molecule has 0 aliphatic carbocycles. The molecule has 0 radical (unpaired) electrons. The highest BCUT2D eigenvalue weighted by molar-refractivity contribution is 5.39. The summed E-state index contributed by atoms with van der Waals surface area (Å²) in [7, 11) is 1.70. The van der Waals surface area contributed by atoms with E-state index in [1.54, 1.807) is 7.11 Å². The molecule has 0 aromatic heterocycles. The number of hydrogen-bond acceptors (Lipinski definition) is 2. The summed E-state index contributed by atoms with van der Waals surface area (Å²) >= 11 is 0. The van der Waals surface area contributed by atoms with Crippen LogP contribution in [0.5, 0.6) is 5.75 Å². The summed E-state index contributed by atoms with van der Waals surface area (Å²) in [5.41, 5.74) is 8.58. The molecule has 1 atom stereocenters. The summed E-state index contributed by atoms with van der Waals surface area (Å²) < 4.78 is 5.33. The smallest absolute Gasteiger partial charge is 0.123 e. The van der Waals surface area contributed by atoms with Crippen LogP contribution in [0.4, 0.5) is 0 Å². The van der Waals surface area contributed by atoms with Crippen LogP contribution in [-0.4, -0.2) is 7.11 Å². The van der Waals surface area contributed by atoms with Gasteiger partial charge in [-0.2, -0.15) is 0 Å². The minimum Gasteiger partial charge on any atom is -0.496 e. The molecule has 1 aromatic rings. The van der Waals surface area contributed by atoms with Crippen LogP contribution in [0.3, 0.4) is 0 Å². The normalized spacial score (nSPS) is 12.5. The molecule has 15 heavy (non-hydrogen) atoms. The molecule has 1 aromatic carbocycles. The maximum atomic E-state index is 6.13. The SMILES string of the molecule is CCCC(N)c1cc(CC)ccc1OC. The highest BCUT2D eigenvalue weighted by Gasteiger charge is 2.11. The molecule has 2 N–H and O–H groups in total. The maximum absolute atomic E-state index is 6.13. The zero-order chi connectivity index (χ0) is 11.3. The third-order valence-corrected chi connectivity index (χ3v) is 2.70. The monoisotopic (exact) mass is 207 g/mol. The molecular formula is C13H21NO. The van der Waals surface area contributed by atoms with Crippen LogP contribution in [0.15, 0.2) is 18.2 Å². The maximum Gasteiger partial charge on any atom is 0.123 e. The molecule has 1 rings (SSSR count). The van der Waals surface area contributed by atoms with Crippen molar-refractivity contribution in [2.24, 2.45) is 5.73 Å². The Morgan fingerprint density at radius 3 is 2.60 bits per heavy atom. The van der Waals surface area contributed by atoms with Gasteiger partial charge in [0.1, 0.15) is 5.75 Å². The van der Waals surface area contributed by atoms with Gasteiger partial charge in [-0.1, -0.05) is 32.4 Å². The fourth-order valence-electron chi connectivity index (χ4n) is 1.76. The molecule has 0 amide bonds. The first-order valence-corrected chi connectivity index (χ1v) is 5.65. The molecule has 0 heterocycles. The fraction of sp³-hybridized carbons (Fsp3) is 0.538. The van der Waals surface area contributed by atoms with E-state index in [1.165, 1.54) is 5.56 Å². The third kappa shape index (κ3) is 2.96. The summed E-state index contributed by atoms with van der Waals surface area (Å²) in [6.45, 7) is 4.30. The summed E-state index contributed by atoms with van der Waals surface area (Å²) in [6.07, 6.45) is 3.14. The van der Waals surface area contributed by atoms with Crippen LogP contribution < -0.4 is 10.5 Å². The second kappa shape index (κ2) is 5.76. The molecule has 0 saturated carbocycles. The molecule has 0 bridgehead atoms. The first-order chi connectivity index (χ1) is 7.22. The van der Waals surface area contributed by atoms with Crippen molar-refractivity contribution in [1.29, 1.82) is 0 Å². The molecule has 1 unspecified atom stereocenters. The second-order valence-electron chi connectivity index (χ2n) is 3.83. The van der Waals surface area contributed by atoms with Gasteiger partial charge >= 0.3 is 0 Å². The second-order valence-corrected chi connectivity index (χ2v) is 3.83. The van der Waals surface area contributed by atoms with E-state index >= 15 is 0 Å². The van der Waals surface area contributed by atoms with Crippen molar-refractivity contribution in [1.82, 2.24) is 0 Å². The lowest BCUT2D eigenvalue weighted by Crippen LogP contribution is -2.11. The van der Waals surface area contributed by atoms with Crippen LogP contribution in [0.1, 0.15) is 43.9 Å². The van der Waals surface area contributed by atoms with E-state index < -0.39 is 0 Å². The predicted molar refractivity (Wildman–Crippen MR) is 64.2 cm³/mol. The Morgan fingerprint density at radius 1 is 1.33 bits per heavy atom. The van der Waals surface area contributed by atoms with E-state index in [4.69, 9.17) is 10.5 Å². The first-order valence-electron chi connectivity index (χ1n) is 5.65. The summed E-state index contributed by atoms with van der Waals surface area (Å²) in [5.74, 6) is 0.910. The number of benzene rings is 1. The lowest BCUT2D eigenvalue weighted by molar-refractivity contribution is 0.404. The Hall–Kier alpha value is -1.02. The zero-order valence-electron chi connectivity index (χ0n) is 9.92. The van der Waals surface area contributed by atoms with Gasteiger partial charge in [0.25, 0.3) is 0 Å². The van der Waals surface area contributed by atoms with Crippen molar-refractivity contribution in [3.05, 3.63) is 29.3 Å². The van der Waals surface area contributed by atoms with E-state index in [-0.39, 0.29) is 6.04 Å². The summed E-state index contributed by atoms with van der Waals surface area (Å²) in [6, 6.07) is 6.38. The first kappa shape index (κ1) is 12.1. The summed E-state index contributed by atoms with van der Waals surface area (Å²) in [4.78, 5) is 0. The highest BCUT2D eigenvalue weighted by Crippen LogP contribution is 2.27. The van der Waals surface area contributed by atoms with Crippen molar-refractivity contribution >= 4 is 0 Å². The van der Waals surface area contributed by atoms with Gasteiger partial charge in [0, 0.05) is 11.6 Å². The van der Waals surface area contributed by atoms with Crippen LogP contribution in [-0.2, 0) is 6.42 Å². The largest absolute Gasteiger partial charge is 0.496 e. The molecule has 2 nitrogen and oxygen atoms in total. The standard InChI is InChI=1S/C13H21NO/c1-4-6-12(14)11-9-10(5-2)7-8-13(11)15-3/h7-9,12H,4-6,14H2,1-3H3. The predicted octanol–water partition coefficient (Wildman–Crippen LogP) is 3.06. The topological polar surface area (TPSA) is 35.2 Å². The fourth-order valence-corrected chi connectivity index (χ4v) is 1.76. The van der Waals surface area contributed by atoms with Crippen molar-refractivity contribution < 1.29 is 4.74 Å². The molecule has 0 aliphatic rings. The van der Waals surface area contributed by atoms with E-state index in [0.717, 1.165) is 30.6 Å². The molecule has 0 aliphatic heterocycles. The molecule has 0 saturated heterocycles. The van der Waals surface area contributed by atoms with Crippen molar-refractivity contribution in [3.8, 4) is 5.75 Å². The molecule has 0 spiro atoms. The molecule has 84 valence electrons. The zero-order valence-corrected chi connectivity index (χ0v) is 9.92. The minimum atomic E-state index is 0.0939.